The molecule has 1 saturated heterocycles. The van der Waals surface area contributed by atoms with Crippen LogP contribution < -0.4 is 9.46 Å². The van der Waals surface area contributed by atoms with E-state index in [2.05, 4.69) is 19.9 Å². The lowest BCUT2D eigenvalue weighted by Gasteiger charge is -2.33. The van der Waals surface area contributed by atoms with Crippen LogP contribution in [0.5, 0.6) is 5.88 Å². The molecular weight excluding hydrogens is 782 g/mol. The fourth-order valence-electron chi connectivity index (χ4n) is 8.39. The number of esters is 1. The van der Waals surface area contributed by atoms with Gasteiger partial charge in [-0.15, -0.1) is 10.2 Å². The van der Waals surface area contributed by atoms with Gasteiger partial charge in [0.2, 0.25) is 33.3 Å². The quantitative estimate of drug-likeness (QED) is 0.224. The summed E-state index contributed by atoms with van der Waals surface area (Å²) >= 11 is 0. The standard InChI is InChI=1S/C40H49F3N6O8S/c1-23-10-6-7-11-25-19-39(25,35(53)47-58(54,55)38(5)14-15-38)20-31(50)30-17-26(56-33-27-12-8-9-13-29(27)49-22-44-46-36(49)45-33)21-48(30)34(52)28(24(2)16-23)18-32(51)57-37(3,4)40(41,42)43/h7-9,11-13,22-26,28,30H,6,10,14-21H2,1-5H3,(H,47,53)/b11-7-/t23-,24-,25-,26-,28+,30+,39-/m1/s1. The molecule has 2 aliphatic carbocycles. The Morgan fingerprint density at radius 2 is 1.81 bits per heavy atom. The number of halogens is 3. The number of ketones is 1. The van der Waals surface area contributed by atoms with E-state index >= 15 is 0 Å². The molecule has 3 fully saturated rings. The Balaban J connectivity index is 1.24. The van der Waals surface area contributed by atoms with Gasteiger partial charge in [0.05, 0.1) is 46.0 Å². The number of alkyl halides is 3. The molecule has 2 aromatic heterocycles. The van der Waals surface area contributed by atoms with Gasteiger partial charge in [0.15, 0.2) is 5.78 Å². The smallest absolute Gasteiger partial charge is 0.427 e. The maximum atomic E-state index is 14.9. The van der Waals surface area contributed by atoms with Crippen LogP contribution in [0, 0.1) is 29.1 Å². The van der Waals surface area contributed by atoms with E-state index in [4.69, 9.17) is 9.47 Å². The van der Waals surface area contributed by atoms with Crippen molar-refractivity contribution in [3.63, 3.8) is 0 Å². The summed E-state index contributed by atoms with van der Waals surface area (Å²) in [6, 6.07) is 6.04. The van der Waals surface area contributed by atoms with Crippen molar-refractivity contribution in [2.24, 2.45) is 29.1 Å². The molecule has 1 N–H and O–H groups in total. The number of nitrogens with one attached hydrogen (secondary N) is 1. The fraction of sp³-hybridized carbons (Fsp3) is 0.625. The van der Waals surface area contributed by atoms with Crippen LogP contribution in [-0.2, 0) is 33.9 Å². The van der Waals surface area contributed by atoms with Crippen LogP contribution >= 0.6 is 0 Å². The van der Waals surface area contributed by atoms with Gasteiger partial charge in [-0.25, -0.2) is 8.42 Å². The fourth-order valence-corrected chi connectivity index (χ4v) is 9.72. The Kier molecular flexibility index (Phi) is 10.7. The maximum Gasteiger partial charge on any atom is 0.427 e. The number of allylic oxidation sites excluding steroid dienone is 2. The number of amides is 2. The highest BCUT2D eigenvalue weighted by molar-refractivity contribution is 7.91. The highest BCUT2D eigenvalue weighted by Gasteiger charge is 2.63. The first kappa shape index (κ1) is 41.5. The van der Waals surface area contributed by atoms with E-state index in [-0.39, 0.29) is 43.4 Å². The van der Waals surface area contributed by atoms with Crippen LogP contribution in [0.25, 0.3) is 16.7 Å². The predicted octanol–water partition coefficient (Wildman–Crippen LogP) is 5.49. The number of Topliss-reactive ketones (excluding diaryl/α,β-unsaturated/α-hetero) is 1. The van der Waals surface area contributed by atoms with Crippen LogP contribution in [0.3, 0.4) is 0 Å². The van der Waals surface area contributed by atoms with Crippen molar-refractivity contribution < 1.29 is 50.2 Å². The molecule has 314 valence electrons. The largest absolute Gasteiger partial charge is 0.472 e. The van der Waals surface area contributed by atoms with Gasteiger partial charge in [-0.2, -0.15) is 18.2 Å². The van der Waals surface area contributed by atoms with E-state index in [9.17, 15) is 40.8 Å². The molecule has 2 saturated carbocycles. The normalized spacial score (nSPS) is 29.8. The number of sulfonamides is 1. The zero-order chi connectivity index (χ0) is 42.0. The number of nitrogens with zero attached hydrogens (tertiary/aromatic N) is 5. The molecule has 0 radical (unpaired) electrons. The molecule has 1 aromatic carbocycles. The highest BCUT2D eigenvalue weighted by atomic mass is 32.2. The first-order valence-corrected chi connectivity index (χ1v) is 21.2. The number of rotatable bonds is 8. The Morgan fingerprint density at radius 3 is 2.52 bits per heavy atom. The molecule has 14 nitrogen and oxygen atoms in total. The van der Waals surface area contributed by atoms with E-state index < -0.39 is 91.8 Å². The van der Waals surface area contributed by atoms with Crippen LogP contribution in [0.2, 0.25) is 0 Å². The summed E-state index contributed by atoms with van der Waals surface area (Å²) in [6.07, 6.45) is 1.18. The summed E-state index contributed by atoms with van der Waals surface area (Å²) in [4.78, 5) is 62.6. The summed E-state index contributed by atoms with van der Waals surface area (Å²) in [5.41, 5.74) is -3.52. The third kappa shape index (κ3) is 7.92. The van der Waals surface area contributed by atoms with Crippen molar-refractivity contribution in [1.82, 2.24) is 29.2 Å². The predicted molar refractivity (Wildman–Crippen MR) is 203 cm³/mol. The first-order valence-electron chi connectivity index (χ1n) is 19.7. The lowest BCUT2D eigenvalue weighted by atomic mass is 9.82. The van der Waals surface area contributed by atoms with E-state index in [1.54, 1.807) is 30.4 Å². The molecule has 4 aliphatic rings. The van der Waals surface area contributed by atoms with E-state index in [0.717, 1.165) is 13.8 Å². The monoisotopic (exact) mass is 830 g/mol. The third-order valence-electron chi connectivity index (χ3n) is 12.6. The summed E-state index contributed by atoms with van der Waals surface area (Å²) in [7, 11) is -4.04. The number of aromatic nitrogens is 4. The van der Waals surface area contributed by atoms with Gasteiger partial charge < -0.3 is 14.4 Å². The second-order valence-electron chi connectivity index (χ2n) is 17.5. The maximum absolute atomic E-state index is 14.9. The lowest BCUT2D eigenvalue weighted by Crippen LogP contribution is -2.48. The van der Waals surface area contributed by atoms with Gasteiger partial charge in [0, 0.05) is 12.8 Å². The molecule has 0 spiro atoms. The molecule has 3 aromatic rings. The van der Waals surface area contributed by atoms with E-state index in [0.29, 0.717) is 43.0 Å². The third-order valence-corrected chi connectivity index (χ3v) is 14.8. The summed E-state index contributed by atoms with van der Waals surface area (Å²) in [6.45, 7) is 6.62. The number of fused-ring (bicyclic) bond motifs is 5. The van der Waals surface area contributed by atoms with Crippen molar-refractivity contribution in [3.05, 3.63) is 42.7 Å². The van der Waals surface area contributed by atoms with E-state index in [1.807, 2.05) is 31.2 Å². The molecule has 7 rings (SSSR count). The van der Waals surface area contributed by atoms with Crippen molar-refractivity contribution in [2.45, 2.75) is 121 Å². The van der Waals surface area contributed by atoms with Gasteiger partial charge in [0.1, 0.15) is 12.4 Å². The number of carbonyl (C=O) groups is 4. The molecule has 18 heteroatoms. The average Bonchev–Trinajstić information content (AvgIpc) is 3.92. The molecular formula is C40H49F3N6O8S. The van der Waals surface area contributed by atoms with Gasteiger partial charge >= 0.3 is 12.1 Å². The van der Waals surface area contributed by atoms with Crippen LogP contribution in [-0.4, -0.2) is 91.7 Å². The van der Waals surface area contributed by atoms with Crippen molar-refractivity contribution in [2.75, 3.05) is 6.54 Å². The molecule has 2 amide bonds. The Morgan fingerprint density at radius 1 is 1.09 bits per heavy atom. The lowest BCUT2D eigenvalue weighted by molar-refractivity contribution is -0.257. The molecule has 7 atom stereocenters. The van der Waals surface area contributed by atoms with E-state index in [1.165, 1.54) is 11.2 Å². The van der Waals surface area contributed by atoms with Crippen LogP contribution in [0.15, 0.2) is 42.7 Å². The Labute approximate surface area is 334 Å². The molecule has 4 heterocycles. The number of hydrogen-bond donors (Lipinski definition) is 1. The minimum atomic E-state index is -4.87. The number of hydrogen-bond acceptors (Lipinski definition) is 11. The van der Waals surface area contributed by atoms with Gasteiger partial charge in [0.25, 0.3) is 5.78 Å². The molecule has 58 heavy (non-hydrogen) atoms. The van der Waals surface area contributed by atoms with Gasteiger partial charge in [-0.1, -0.05) is 38.1 Å². The minimum absolute atomic E-state index is 0.0120. The second-order valence-corrected chi connectivity index (χ2v) is 19.7. The minimum Gasteiger partial charge on any atom is -0.472 e. The van der Waals surface area contributed by atoms with Crippen molar-refractivity contribution >= 4 is 50.3 Å². The van der Waals surface area contributed by atoms with Crippen LogP contribution in [0.4, 0.5) is 13.2 Å². The number of para-hydroxylation sites is 1. The molecule has 0 bridgehead atoms. The average molecular weight is 831 g/mol. The number of benzene rings is 1. The van der Waals surface area contributed by atoms with Gasteiger partial charge in [-0.3, -0.25) is 28.3 Å². The number of ether oxygens (including phenoxy) is 2. The Hall–Kier alpha value is -4.61. The van der Waals surface area contributed by atoms with Crippen molar-refractivity contribution in [3.8, 4) is 5.88 Å². The zero-order valence-corrected chi connectivity index (χ0v) is 33.9. The SMILES string of the molecule is C[C@@H]1CC/C=C\[C@@H]2C[C@@]2(C(=O)NS(=O)(=O)C2(C)CC2)CC(=O)[C@@H]2C[C@@H](Oc3nc4nncn4c4ccccc34)CN2C(=O)[C@@H](CC(=O)OC(C)(C)C(F)(F)F)[C@H](C)C1. The van der Waals surface area contributed by atoms with Crippen LogP contribution in [0.1, 0.15) is 92.4 Å². The molecule has 0 unspecified atom stereocenters. The zero-order valence-electron chi connectivity index (χ0n) is 33.1. The Bertz CT molecular complexity index is 2270. The summed E-state index contributed by atoms with van der Waals surface area (Å²) < 4.78 is 82.1. The first-order chi connectivity index (χ1) is 27.1. The van der Waals surface area contributed by atoms with Crippen molar-refractivity contribution in [1.29, 1.82) is 0 Å². The number of carbonyl (C=O) groups excluding carboxylic acids is 4. The highest BCUT2D eigenvalue weighted by Crippen LogP contribution is 2.58. The topological polar surface area (TPSA) is 179 Å². The summed E-state index contributed by atoms with van der Waals surface area (Å²) in [5.74, 6) is -4.83. The summed E-state index contributed by atoms with van der Waals surface area (Å²) in [5, 5.41) is 8.61. The van der Waals surface area contributed by atoms with Gasteiger partial charge in [-0.05, 0) is 89.2 Å². The second kappa shape index (κ2) is 14.9. The molecule has 2 aliphatic heterocycles.